The molecule has 0 unspecified atom stereocenters. The van der Waals surface area contributed by atoms with Gasteiger partial charge in [-0.05, 0) is 46.3 Å². The number of hydrogen-bond acceptors (Lipinski definition) is 3. The molecule has 0 bridgehead atoms. The first kappa shape index (κ1) is 13.6. The van der Waals surface area contributed by atoms with Gasteiger partial charge in [-0.1, -0.05) is 6.07 Å². The minimum absolute atomic E-state index is 0.323. The second kappa shape index (κ2) is 5.57. The van der Waals surface area contributed by atoms with Gasteiger partial charge < -0.3 is 0 Å². The molecule has 3 aromatic rings. The van der Waals surface area contributed by atoms with Crippen molar-refractivity contribution >= 4 is 22.2 Å². The van der Waals surface area contributed by atoms with E-state index in [4.69, 9.17) is 0 Å². The van der Waals surface area contributed by atoms with Crippen molar-refractivity contribution in [2.24, 2.45) is 0 Å². The Kier molecular flexibility index (Phi) is 3.62. The number of halogens is 2. The fourth-order valence-electron chi connectivity index (χ4n) is 1.95. The maximum Gasteiger partial charge on any atom is 0.153 e. The minimum Gasteiger partial charge on any atom is -0.298 e. The van der Waals surface area contributed by atoms with Gasteiger partial charge in [0.1, 0.15) is 11.5 Å². The SMILES string of the molecule is O=Cc1cn(-c2ccccn2)nc1-c1ccc(F)c(Br)c1. The third-order valence-electron chi connectivity index (χ3n) is 2.95. The molecule has 0 amide bonds. The number of rotatable bonds is 3. The smallest absolute Gasteiger partial charge is 0.153 e. The zero-order chi connectivity index (χ0) is 14.8. The molecular formula is C15H9BrFN3O. The van der Waals surface area contributed by atoms with Gasteiger partial charge in [-0.15, -0.1) is 0 Å². The van der Waals surface area contributed by atoms with Crippen LogP contribution in [-0.2, 0) is 0 Å². The number of aldehydes is 1. The molecule has 0 atom stereocenters. The van der Waals surface area contributed by atoms with E-state index in [-0.39, 0.29) is 5.82 Å². The summed E-state index contributed by atoms with van der Waals surface area (Å²) < 4.78 is 15.2. The number of aromatic nitrogens is 3. The van der Waals surface area contributed by atoms with E-state index < -0.39 is 0 Å². The molecule has 0 spiro atoms. The van der Waals surface area contributed by atoms with Gasteiger partial charge in [0.15, 0.2) is 12.1 Å². The molecule has 4 nitrogen and oxygen atoms in total. The van der Waals surface area contributed by atoms with Gasteiger partial charge in [0, 0.05) is 18.0 Å². The Bertz CT molecular complexity index is 802. The molecule has 2 heterocycles. The van der Waals surface area contributed by atoms with Crippen molar-refractivity contribution < 1.29 is 9.18 Å². The van der Waals surface area contributed by atoms with Crippen LogP contribution in [0.2, 0.25) is 0 Å². The van der Waals surface area contributed by atoms with Gasteiger partial charge in [-0.25, -0.2) is 14.1 Å². The Hall–Kier alpha value is -2.34. The third-order valence-corrected chi connectivity index (χ3v) is 3.55. The Labute approximate surface area is 128 Å². The van der Waals surface area contributed by atoms with Gasteiger partial charge in [0.25, 0.3) is 0 Å². The Morgan fingerprint density at radius 2 is 2.10 bits per heavy atom. The topological polar surface area (TPSA) is 47.8 Å². The molecule has 104 valence electrons. The highest BCUT2D eigenvalue weighted by Gasteiger charge is 2.13. The van der Waals surface area contributed by atoms with Crippen molar-refractivity contribution in [2.45, 2.75) is 0 Å². The van der Waals surface area contributed by atoms with E-state index in [0.717, 1.165) is 6.29 Å². The van der Waals surface area contributed by atoms with Crippen molar-refractivity contribution in [3.63, 3.8) is 0 Å². The Morgan fingerprint density at radius 1 is 1.24 bits per heavy atom. The van der Waals surface area contributed by atoms with Crippen molar-refractivity contribution in [1.29, 1.82) is 0 Å². The number of nitrogens with zero attached hydrogens (tertiary/aromatic N) is 3. The van der Waals surface area contributed by atoms with Crippen LogP contribution in [0.3, 0.4) is 0 Å². The normalized spacial score (nSPS) is 10.6. The number of benzene rings is 1. The summed E-state index contributed by atoms with van der Waals surface area (Å²) in [6.45, 7) is 0. The molecule has 0 aliphatic heterocycles. The van der Waals surface area contributed by atoms with Crippen LogP contribution in [-0.4, -0.2) is 21.1 Å². The maximum atomic E-state index is 13.3. The lowest BCUT2D eigenvalue weighted by Crippen LogP contribution is -1.97. The van der Waals surface area contributed by atoms with Gasteiger partial charge in [-0.2, -0.15) is 5.10 Å². The third kappa shape index (κ3) is 2.62. The highest BCUT2D eigenvalue weighted by molar-refractivity contribution is 9.10. The molecule has 0 aliphatic carbocycles. The zero-order valence-corrected chi connectivity index (χ0v) is 12.3. The lowest BCUT2D eigenvalue weighted by Gasteiger charge is -2.01. The standard InChI is InChI=1S/C15H9BrFN3O/c16-12-7-10(4-5-13(12)17)15-11(9-21)8-20(19-15)14-3-1-2-6-18-14/h1-9H. The summed E-state index contributed by atoms with van der Waals surface area (Å²) >= 11 is 3.13. The van der Waals surface area contributed by atoms with Gasteiger partial charge >= 0.3 is 0 Å². The Morgan fingerprint density at radius 3 is 2.76 bits per heavy atom. The van der Waals surface area contributed by atoms with Crippen molar-refractivity contribution in [2.75, 3.05) is 0 Å². The molecule has 1 aromatic carbocycles. The van der Waals surface area contributed by atoms with Crippen LogP contribution in [0, 0.1) is 5.82 Å². The molecule has 0 fully saturated rings. The molecule has 21 heavy (non-hydrogen) atoms. The zero-order valence-electron chi connectivity index (χ0n) is 10.7. The maximum absolute atomic E-state index is 13.3. The lowest BCUT2D eigenvalue weighted by molar-refractivity contribution is 0.112. The Balaban J connectivity index is 2.12. The second-order valence-electron chi connectivity index (χ2n) is 4.31. The predicted octanol–water partition coefficient (Wildman–Crippen LogP) is 3.65. The first-order valence-electron chi connectivity index (χ1n) is 6.10. The average Bonchev–Trinajstić information content (AvgIpc) is 2.95. The summed E-state index contributed by atoms with van der Waals surface area (Å²) in [5, 5.41) is 4.37. The van der Waals surface area contributed by atoms with Crippen molar-refractivity contribution in [3.8, 4) is 17.1 Å². The van der Waals surface area contributed by atoms with E-state index in [1.54, 1.807) is 36.7 Å². The van der Waals surface area contributed by atoms with Crippen LogP contribution >= 0.6 is 15.9 Å². The molecule has 0 N–H and O–H groups in total. The van der Waals surface area contributed by atoms with Gasteiger partial charge in [-0.3, -0.25) is 4.79 Å². The average molecular weight is 346 g/mol. The summed E-state index contributed by atoms with van der Waals surface area (Å²) in [6, 6.07) is 9.91. The van der Waals surface area contributed by atoms with Gasteiger partial charge in [0.05, 0.1) is 10.0 Å². The van der Waals surface area contributed by atoms with E-state index in [9.17, 15) is 9.18 Å². The molecular weight excluding hydrogens is 337 g/mol. The van der Waals surface area contributed by atoms with Crippen LogP contribution in [0.15, 0.2) is 53.3 Å². The largest absolute Gasteiger partial charge is 0.298 e. The lowest BCUT2D eigenvalue weighted by atomic mass is 10.1. The number of carbonyl (C=O) groups is 1. The molecule has 0 aliphatic rings. The predicted molar refractivity (Wildman–Crippen MR) is 79.8 cm³/mol. The van der Waals surface area contributed by atoms with E-state index in [0.29, 0.717) is 27.1 Å². The van der Waals surface area contributed by atoms with Crippen LogP contribution in [0.5, 0.6) is 0 Å². The first-order valence-corrected chi connectivity index (χ1v) is 6.90. The summed E-state index contributed by atoms with van der Waals surface area (Å²) in [4.78, 5) is 15.4. The quantitative estimate of drug-likeness (QED) is 0.680. The highest BCUT2D eigenvalue weighted by Crippen LogP contribution is 2.26. The molecule has 0 radical (unpaired) electrons. The summed E-state index contributed by atoms with van der Waals surface area (Å²) in [7, 11) is 0. The number of carbonyl (C=O) groups excluding carboxylic acids is 1. The summed E-state index contributed by atoms with van der Waals surface area (Å²) in [5.41, 5.74) is 1.55. The first-order chi connectivity index (χ1) is 10.2. The van der Waals surface area contributed by atoms with E-state index in [1.807, 2.05) is 6.07 Å². The number of hydrogen-bond donors (Lipinski definition) is 0. The summed E-state index contributed by atoms with van der Waals surface area (Å²) in [5.74, 6) is 0.239. The van der Waals surface area contributed by atoms with Crippen LogP contribution in [0.4, 0.5) is 4.39 Å². The van der Waals surface area contributed by atoms with E-state index in [2.05, 4.69) is 26.0 Å². The van der Waals surface area contributed by atoms with Crippen LogP contribution in [0.25, 0.3) is 17.1 Å². The number of pyridine rings is 1. The molecule has 2 aromatic heterocycles. The summed E-state index contributed by atoms with van der Waals surface area (Å²) in [6.07, 6.45) is 3.96. The van der Waals surface area contributed by atoms with Crippen LogP contribution < -0.4 is 0 Å². The highest BCUT2D eigenvalue weighted by atomic mass is 79.9. The van der Waals surface area contributed by atoms with Crippen LogP contribution in [0.1, 0.15) is 10.4 Å². The minimum atomic E-state index is -0.365. The van der Waals surface area contributed by atoms with E-state index >= 15 is 0 Å². The second-order valence-corrected chi connectivity index (χ2v) is 5.17. The molecule has 0 saturated carbocycles. The molecule has 0 saturated heterocycles. The monoisotopic (exact) mass is 345 g/mol. The molecule has 6 heteroatoms. The van der Waals surface area contributed by atoms with Crippen molar-refractivity contribution in [3.05, 3.63) is 64.6 Å². The van der Waals surface area contributed by atoms with E-state index in [1.165, 1.54) is 10.7 Å². The molecule has 3 rings (SSSR count). The fourth-order valence-corrected chi connectivity index (χ4v) is 2.33. The fraction of sp³-hybridized carbons (Fsp3) is 0. The van der Waals surface area contributed by atoms with Gasteiger partial charge in [0.2, 0.25) is 0 Å². The van der Waals surface area contributed by atoms with Crippen molar-refractivity contribution in [1.82, 2.24) is 14.8 Å².